The Hall–Kier alpha value is -3.27. The summed E-state index contributed by atoms with van der Waals surface area (Å²) in [6.45, 7) is 0. The number of anilines is 1. The number of unbranched alkanes of at least 4 members (excludes halogenated alkanes) is 2. The van der Waals surface area contributed by atoms with Gasteiger partial charge in [-0.05, 0) is 36.4 Å². The highest BCUT2D eigenvalue weighted by Gasteiger charge is 2.26. The second kappa shape index (κ2) is 11.6. The molecule has 0 aliphatic heterocycles. The molecule has 2 amide bonds. The van der Waals surface area contributed by atoms with Crippen molar-refractivity contribution in [2.24, 2.45) is 0 Å². The first-order valence-corrected chi connectivity index (χ1v) is 12.2. The highest BCUT2D eigenvalue weighted by molar-refractivity contribution is 7.89. The van der Waals surface area contributed by atoms with Gasteiger partial charge in [-0.2, -0.15) is 4.72 Å². The molecule has 0 spiro atoms. The standard InChI is InChI=1S/C24H27N3O5S/c28-23(26-30)17-6-2-5-15-21(24(29)25-19-12-3-1-4-13-19)27-33(31,32)22-16-9-11-18-10-7-8-14-20(18)22/h1,3-4,7-14,16,21,27,30H,2,5-6,15,17H2,(H,25,29)(H,26,28)/t21-/m0/s1. The fourth-order valence-electron chi connectivity index (χ4n) is 3.54. The smallest absolute Gasteiger partial charge is 0.243 e. The molecule has 8 nitrogen and oxygen atoms in total. The summed E-state index contributed by atoms with van der Waals surface area (Å²) in [5.74, 6) is -0.942. The minimum atomic E-state index is -3.99. The number of fused-ring (bicyclic) bond motifs is 1. The SMILES string of the molecule is O=C(CCCCC[C@H](NS(=O)(=O)c1cccc2ccccc12)C(=O)Nc1ccccc1)NO. The van der Waals surface area contributed by atoms with Gasteiger partial charge in [0.2, 0.25) is 21.8 Å². The van der Waals surface area contributed by atoms with E-state index in [4.69, 9.17) is 5.21 Å². The van der Waals surface area contributed by atoms with Crippen LogP contribution in [0.2, 0.25) is 0 Å². The Balaban J connectivity index is 1.77. The molecule has 0 saturated heterocycles. The molecule has 1 atom stereocenters. The predicted molar refractivity (Wildman–Crippen MR) is 126 cm³/mol. The van der Waals surface area contributed by atoms with E-state index in [0.29, 0.717) is 30.3 Å². The molecular weight excluding hydrogens is 442 g/mol. The molecule has 0 aromatic heterocycles. The number of amides is 2. The zero-order chi connectivity index (χ0) is 23.7. The summed E-state index contributed by atoms with van der Waals surface area (Å²) in [7, 11) is -3.99. The van der Waals surface area contributed by atoms with E-state index in [2.05, 4.69) is 10.0 Å². The third kappa shape index (κ3) is 6.85. The van der Waals surface area contributed by atoms with Gasteiger partial charge in [0.15, 0.2) is 0 Å². The zero-order valence-corrected chi connectivity index (χ0v) is 18.8. The van der Waals surface area contributed by atoms with Crippen LogP contribution in [-0.2, 0) is 19.6 Å². The maximum atomic E-state index is 13.3. The third-order valence-corrected chi connectivity index (χ3v) is 6.75. The predicted octanol–water partition coefficient (Wildman–Crippen LogP) is 3.58. The molecular formula is C24H27N3O5S. The van der Waals surface area contributed by atoms with Crippen LogP contribution in [-0.4, -0.2) is 31.5 Å². The molecule has 0 radical (unpaired) electrons. The number of hydrogen-bond donors (Lipinski definition) is 4. The third-order valence-electron chi connectivity index (χ3n) is 5.22. The van der Waals surface area contributed by atoms with Crippen LogP contribution in [0.4, 0.5) is 5.69 Å². The summed E-state index contributed by atoms with van der Waals surface area (Å²) in [5.41, 5.74) is 2.15. The topological polar surface area (TPSA) is 125 Å². The Morgan fingerprint density at radius 3 is 2.30 bits per heavy atom. The molecule has 0 unspecified atom stereocenters. The van der Waals surface area contributed by atoms with Crippen LogP contribution >= 0.6 is 0 Å². The maximum Gasteiger partial charge on any atom is 0.243 e. The van der Waals surface area contributed by atoms with Crippen LogP contribution in [0.15, 0.2) is 77.7 Å². The van der Waals surface area contributed by atoms with Crippen LogP contribution in [0.25, 0.3) is 10.8 Å². The van der Waals surface area contributed by atoms with Crippen LogP contribution < -0.4 is 15.5 Å². The molecule has 0 aliphatic carbocycles. The summed E-state index contributed by atoms with van der Waals surface area (Å²) in [6.07, 6.45) is 2.03. The summed E-state index contributed by atoms with van der Waals surface area (Å²) >= 11 is 0. The number of para-hydroxylation sites is 1. The summed E-state index contributed by atoms with van der Waals surface area (Å²) < 4.78 is 29.1. The van der Waals surface area contributed by atoms with E-state index in [1.807, 2.05) is 24.3 Å². The van der Waals surface area contributed by atoms with Crippen molar-refractivity contribution >= 4 is 38.3 Å². The Morgan fingerprint density at radius 2 is 1.55 bits per heavy atom. The zero-order valence-electron chi connectivity index (χ0n) is 18.0. The number of hydrogen-bond acceptors (Lipinski definition) is 5. The second-order valence-electron chi connectivity index (χ2n) is 7.64. The molecule has 0 heterocycles. The van der Waals surface area contributed by atoms with Gasteiger partial charge < -0.3 is 5.32 Å². The number of rotatable bonds is 11. The number of benzene rings is 3. The Labute approximate surface area is 193 Å². The quantitative estimate of drug-likeness (QED) is 0.194. The average Bonchev–Trinajstić information content (AvgIpc) is 2.83. The Morgan fingerprint density at radius 1 is 0.848 bits per heavy atom. The lowest BCUT2D eigenvalue weighted by molar-refractivity contribution is -0.129. The van der Waals surface area contributed by atoms with Crippen molar-refractivity contribution in [1.29, 1.82) is 0 Å². The van der Waals surface area contributed by atoms with E-state index in [1.54, 1.807) is 47.9 Å². The van der Waals surface area contributed by atoms with Crippen molar-refractivity contribution in [2.75, 3.05) is 5.32 Å². The Bertz CT molecular complexity index is 1190. The van der Waals surface area contributed by atoms with E-state index in [9.17, 15) is 18.0 Å². The molecule has 33 heavy (non-hydrogen) atoms. The maximum absolute atomic E-state index is 13.3. The van der Waals surface area contributed by atoms with E-state index >= 15 is 0 Å². The van der Waals surface area contributed by atoms with Gasteiger partial charge in [-0.25, -0.2) is 13.9 Å². The second-order valence-corrected chi connectivity index (χ2v) is 9.32. The number of carbonyl (C=O) groups excluding carboxylic acids is 2. The molecule has 3 rings (SSSR count). The number of nitrogens with one attached hydrogen (secondary N) is 3. The largest absolute Gasteiger partial charge is 0.325 e. The van der Waals surface area contributed by atoms with E-state index in [-0.39, 0.29) is 17.7 Å². The molecule has 174 valence electrons. The normalized spacial score (nSPS) is 12.3. The summed E-state index contributed by atoms with van der Waals surface area (Å²) in [6, 6.07) is 20.0. The molecule has 3 aromatic carbocycles. The van der Waals surface area contributed by atoms with Gasteiger partial charge in [-0.15, -0.1) is 0 Å². The fourth-order valence-corrected chi connectivity index (χ4v) is 5.00. The van der Waals surface area contributed by atoms with E-state index in [1.165, 1.54) is 6.07 Å². The number of hydroxylamine groups is 1. The summed E-state index contributed by atoms with van der Waals surface area (Å²) in [4.78, 5) is 24.2. The molecule has 0 bridgehead atoms. The van der Waals surface area contributed by atoms with Crippen molar-refractivity contribution in [3.05, 3.63) is 72.8 Å². The van der Waals surface area contributed by atoms with Crippen LogP contribution in [0.1, 0.15) is 32.1 Å². The van der Waals surface area contributed by atoms with Gasteiger partial charge in [0, 0.05) is 17.5 Å². The number of carbonyl (C=O) groups is 2. The van der Waals surface area contributed by atoms with Crippen molar-refractivity contribution in [1.82, 2.24) is 10.2 Å². The minimum absolute atomic E-state index is 0.109. The molecule has 9 heteroatoms. The van der Waals surface area contributed by atoms with Gasteiger partial charge in [-0.1, -0.05) is 67.4 Å². The van der Waals surface area contributed by atoms with Crippen molar-refractivity contribution in [3.63, 3.8) is 0 Å². The molecule has 0 saturated carbocycles. The van der Waals surface area contributed by atoms with E-state index in [0.717, 1.165) is 5.39 Å². The van der Waals surface area contributed by atoms with Crippen LogP contribution in [0, 0.1) is 0 Å². The fraction of sp³-hybridized carbons (Fsp3) is 0.250. The van der Waals surface area contributed by atoms with Crippen LogP contribution in [0.5, 0.6) is 0 Å². The lowest BCUT2D eigenvalue weighted by Crippen LogP contribution is -2.43. The first-order chi connectivity index (χ1) is 15.9. The molecule has 0 aliphatic rings. The highest BCUT2D eigenvalue weighted by atomic mass is 32.2. The van der Waals surface area contributed by atoms with Gasteiger partial charge in [0.05, 0.1) is 4.90 Å². The van der Waals surface area contributed by atoms with Crippen molar-refractivity contribution in [3.8, 4) is 0 Å². The minimum Gasteiger partial charge on any atom is -0.325 e. The Kier molecular flexibility index (Phi) is 8.53. The van der Waals surface area contributed by atoms with Gasteiger partial charge >= 0.3 is 0 Å². The average molecular weight is 470 g/mol. The lowest BCUT2D eigenvalue weighted by atomic mass is 10.1. The first-order valence-electron chi connectivity index (χ1n) is 10.7. The van der Waals surface area contributed by atoms with Crippen molar-refractivity contribution in [2.45, 2.75) is 43.0 Å². The van der Waals surface area contributed by atoms with Gasteiger partial charge in [0.25, 0.3) is 0 Å². The first kappa shape index (κ1) is 24.4. The lowest BCUT2D eigenvalue weighted by Gasteiger charge is -2.19. The summed E-state index contributed by atoms with van der Waals surface area (Å²) in [5, 5.41) is 12.7. The van der Waals surface area contributed by atoms with Crippen LogP contribution in [0.3, 0.4) is 0 Å². The molecule has 3 aromatic rings. The monoisotopic (exact) mass is 469 g/mol. The van der Waals surface area contributed by atoms with E-state index < -0.39 is 27.9 Å². The number of sulfonamides is 1. The molecule has 4 N–H and O–H groups in total. The van der Waals surface area contributed by atoms with Gasteiger partial charge in [0.1, 0.15) is 6.04 Å². The highest BCUT2D eigenvalue weighted by Crippen LogP contribution is 2.23. The molecule has 0 fully saturated rings. The van der Waals surface area contributed by atoms with Crippen molar-refractivity contribution < 1.29 is 23.2 Å². The van der Waals surface area contributed by atoms with Gasteiger partial charge in [-0.3, -0.25) is 14.8 Å².